The average molecular weight is 1690 g/mol. The largest absolute Gasteiger partial charge is 0.443 e. The molecular formula is C71H80Br2ClN17O18S. The first-order chi connectivity index (χ1) is 52.7. The number of ether oxygens (including phenoxy) is 3. The molecule has 39 heteroatoms. The fraction of sp³-hybridized carbons (Fsp3) is 0.310. The number of hydrazine groups is 4. The number of benzene rings is 5. The summed E-state index contributed by atoms with van der Waals surface area (Å²) in [5, 5.41) is 5.88. The van der Waals surface area contributed by atoms with Crippen LogP contribution in [0.15, 0.2) is 164 Å². The maximum absolute atomic E-state index is 15.2. The van der Waals surface area contributed by atoms with Crippen LogP contribution >= 0.6 is 54.8 Å². The van der Waals surface area contributed by atoms with Crippen molar-refractivity contribution in [1.29, 1.82) is 0 Å². The predicted molar refractivity (Wildman–Crippen MR) is 405 cm³/mol. The lowest BCUT2D eigenvalue weighted by molar-refractivity contribution is -0.152. The maximum atomic E-state index is 15.2. The fourth-order valence-corrected chi connectivity index (χ4v) is 11.5. The van der Waals surface area contributed by atoms with Crippen LogP contribution in [0.5, 0.6) is 5.75 Å². The fourth-order valence-electron chi connectivity index (χ4n) is 9.87. The highest BCUT2D eigenvalue weighted by molar-refractivity contribution is 9.10. The molecule has 0 spiro atoms. The van der Waals surface area contributed by atoms with E-state index in [2.05, 4.69) is 58.7 Å². The van der Waals surface area contributed by atoms with Gasteiger partial charge in [0, 0.05) is 63.8 Å². The summed E-state index contributed by atoms with van der Waals surface area (Å²) in [5.74, 6) is -13.0. The van der Waals surface area contributed by atoms with Gasteiger partial charge in [-0.1, -0.05) is 104 Å². The summed E-state index contributed by atoms with van der Waals surface area (Å²) in [6, 6.07) is 37.2. The van der Waals surface area contributed by atoms with Crippen LogP contribution in [0.1, 0.15) is 52.0 Å². The molecule has 0 fully saturated rings. The minimum absolute atomic E-state index is 0.0494. The van der Waals surface area contributed by atoms with E-state index in [1.165, 1.54) is 96.1 Å². The quantitative estimate of drug-likeness (QED) is 0.0218. The van der Waals surface area contributed by atoms with Gasteiger partial charge in [0.15, 0.2) is 0 Å². The number of hydrogen-bond acceptors (Lipinski definition) is 22. The Morgan fingerprint density at radius 2 is 0.973 bits per heavy atom. The molecular weight excluding hydrogens is 1610 g/mol. The molecule has 0 aliphatic heterocycles. The number of para-hydroxylation sites is 1. The molecule has 10 N–H and O–H groups in total. The Morgan fingerprint density at radius 1 is 0.518 bits per heavy atom. The predicted octanol–water partition coefficient (Wildman–Crippen LogP) is 3.51. The second-order valence-corrected chi connectivity index (χ2v) is 27.3. The first-order valence-electron chi connectivity index (χ1n) is 33.7. The molecule has 0 aliphatic rings. The zero-order valence-electron chi connectivity index (χ0n) is 59.6. The first-order valence-corrected chi connectivity index (χ1v) is 36.5. The van der Waals surface area contributed by atoms with Crippen molar-refractivity contribution in [3.8, 4) is 27.0 Å². The van der Waals surface area contributed by atoms with Crippen molar-refractivity contribution in [2.45, 2.75) is 38.8 Å². The zero-order chi connectivity index (χ0) is 79.8. The van der Waals surface area contributed by atoms with Crippen molar-refractivity contribution in [1.82, 2.24) is 71.1 Å². The number of nitrogens with zero attached hydrogens (tertiary/aromatic N) is 10. The summed E-state index contributed by atoms with van der Waals surface area (Å²) >= 11 is 14.1. The van der Waals surface area contributed by atoms with Gasteiger partial charge < -0.3 is 55.4 Å². The SMILES string of the molecule is COCCN(CC(=O)N(CCCCN)CC(=O)N(CCCCN)CC(N)=O)C(=O)CN(NC(=O)c1ccc(Cl)cc1)C(=O)CN(NC(=O)Oc1ccccc1)C(=O)CN(NC(=O)c1ccc(Br)cc1)C(=O)CN(NC(=O)OCc1ccccc1)C(=O)CN(C)C(=O)Cn1nc(-c2ccc(-c3ccc(Br)cc3)s2)oc1=O. The van der Waals surface area contributed by atoms with Gasteiger partial charge in [-0.3, -0.25) is 63.6 Å². The van der Waals surface area contributed by atoms with Gasteiger partial charge in [0.05, 0.1) is 31.1 Å². The van der Waals surface area contributed by atoms with Crippen molar-refractivity contribution < 1.29 is 81.0 Å². The zero-order valence-corrected chi connectivity index (χ0v) is 64.3. The molecule has 0 bridgehead atoms. The van der Waals surface area contributed by atoms with Gasteiger partial charge in [0.25, 0.3) is 41.3 Å². The topological polar surface area (TPSA) is 450 Å². The summed E-state index contributed by atoms with van der Waals surface area (Å²) < 4.78 is 23.6. The molecule has 0 saturated heterocycles. The highest BCUT2D eigenvalue weighted by atomic mass is 79.9. The van der Waals surface area contributed by atoms with Crippen LogP contribution in [0.25, 0.3) is 21.2 Å². The molecule has 0 unspecified atom stereocenters. The summed E-state index contributed by atoms with van der Waals surface area (Å²) in [4.78, 5) is 203. The maximum Gasteiger partial charge on any atom is 0.437 e. The molecule has 0 saturated carbocycles. The van der Waals surface area contributed by atoms with Crippen LogP contribution < -0.4 is 49.4 Å². The van der Waals surface area contributed by atoms with Crippen molar-refractivity contribution in [2.75, 3.05) is 106 Å². The van der Waals surface area contributed by atoms with Gasteiger partial charge in [0.2, 0.25) is 29.5 Å². The second-order valence-electron chi connectivity index (χ2n) is 24.0. The molecule has 2 aromatic heterocycles. The lowest BCUT2D eigenvalue weighted by Crippen LogP contribution is -2.61. The van der Waals surface area contributed by atoms with E-state index in [9.17, 15) is 52.7 Å². The molecule has 2 heterocycles. The number of carbonyl (C=O) groups excluding carboxylic acids is 13. The third-order valence-electron chi connectivity index (χ3n) is 15.7. The lowest BCUT2D eigenvalue weighted by atomic mass is 10.2. The molecule has 7 rings (SSSR count). The van der Waals surface area contributed by atoms with Gasteiger partial charge in [-0.25, -0.2) is 45.3 Å². The highest BCUT2D eigenvalue weighted by Crippen LogP contribution is 2.34. The third-order valence-corrected chi connectivity index (χ3v) is 18.1. The van der Waals surface area contributed by atoms with Gasteiger partial charge in [-0.15, -0.1) is 16.4 Å². The molecule has 0 atom stereocenters. The number of thiophene rings is 1. The number of amides is 13. The number of rotatable bonds is 36. The smallest absolute Gasteiger partial charge is 0.437 e. The molecule has 7 aromatic rings. The van der Waals surface area contributed by atoms with Crippen LogP contribution in [0, 0.1) is 0 Å². The molecule has 0 aliphatic carbocycles. The van der Waals surface area contributed by atoms with E-state index in [0.29, 0.717) is 67.2 Å². The third kappa shape index (κ3) is 27.7. The van der Waals surface area contributed by atoms with Crippen LogP contribution in [0.3, 0.4) is 0 Å². The summed E-state index contributed by atoms with van der Waals surface area (Å²) in [7, 11) is 2.45. The van der Waals surface area contributed by atoms with E-state index < -0.39 is 142 Å². The number of halogens is 3. The number of aromatic nitrogens is 2. The van der Waals surface area contributed by atoms with E-state index in [1.807, 2.05) is 24.3 Å². The van der Waals surface area contributed by atoms with Crippen LogP contribution in [-0.2, 0) is 65.8 Å². The molecule has 110 heavy (non-hydrogen) atoms. The summed E-state index contributed by atoms with van der Waals surface area (Å²) in [5.41, 5.74) is 26.9. The summed E-state index contributed by atoms with van der Waals surface area (Å²) in [6.07, 6.45) is -1.18. The Balaban J connectivity index is 1.20. The highest BCUT2D eigenvalue weighted by Gasteiger charge is 2.35. The lowest BCUT2D eigenvalue weighted by Gasteiger charge is -2.32. The van der Waals surface area contributed by atoms with E-state index in [0.717, 1.165) is 41.3 Å². The van der Waals surface area contributed by atoms with Gasteiger partial charge in [-0.2, -0.15) is 4.68 Å². The molecule has 5 aromatic carbocycles. The van der Waals surface area contributed by atoms with Crippen LogP contribution in [0.4, 0.5) is 9.59 Å². The number of primary amides is 1. The standard InChI is InChI=1S/C71H80Br2ClN17O18S/c1-83(58(93)41-91-71(105)109-68(80-91)56-30-29-55(110-56)48-17-23-51(72)24-18-48)38-62(97)89(81-69(103)107-46-47-13-5-3-6-14-47)44-64(99)88(79-66(101)49-19-25-52(73)26-20-49)43-65(100)90(82-70(104)108-54-15-7-4-8-16-54)45-63(98)87(78-67(102)50-21-27-53(74)28-22-50)42-61(96)86(35-36-106-2)40-60(95)85(34-12-10-32-76)39-59(94)84(37-57(77)92)33-11-9-31-75/h3-8,13-30H,9-12,31-46,75-76H2,1-2H3,(H2,77,92)(H,78,102)(H,79,101)(H,81,103)(H,82,104). The Bertz CT molecular complexity index is 4410. The normalized spacial score (nSPS) is 10.7. The second kappa shape index (κ2) is 43.5. The van der Waals surface area contributed by atoms with Crippen molar-refractivity contribution >= 4 is 132 Å². The van der Waals surface area contributed by atoms with Crippen molar-refractivity contribution in [2.24, 2.45) is 17.2 Å². The number of unbranched alkanes of at least 4 members (excludes halogenated alkanes) is 2. The first kappa shape index (κ1) is 85.8. The van der Waals surface area contributed by atoms with Crippen molar-refractivity contribution in [3.63, 3.8) is 0 Å². The molecule has 35 nitrogen and oxygen atoms in total. The summed E-state index contributed by atoms with van der Waals surface area (Å²) in [6.45, 7) is -9.14. The number of nitrogens with two attached hydrogens (primary N) is 3. The molecule has 0 radical (unpaired) electrons. The Hall–Kier alpha value is -11.4. The van der Waals surface area contributed by atoms with Crippen molar-refractivity contribution in [3.05, 3.63) is 187 Å². The number of likely N-dealkylation sites (N-methyl/N-ethyl adjacent to an activating group) is 1. The number of carbonyl (C=O) groups is 13. The Labute approximate surface area is 655 Å². The van der Waals surface area contributed by atoms with E-state index >= 15 is 14.4 Å². The Kier molecular flexibility index (Phi) is 34.0. The minimum Gasteiger partial charge on any atom is -0.443 e. The Morgan fingerprint density at radius 3 is 1.50 bits per heavy atom. The molecule has 13 amide bonds. The van der Waals surface area contributed by atoms with Gasteiger partial charge in [-0.05, 0) is 135 Å². The van der Waals surface area contributed by atoms with E-state index in [1.54, 1.807) is 48.5 Å². The van der Waals surface area contributed by atoms with Gasteiger partial charge >= 0.3 is 17.9 Å². The number of methoxy groups -OCH3 is 1. The average Bonchev–Trinajstić information content (AvgIpc) is 1.65. The number of nitrogens with one attached hydrogen (secondary N) is 4. The minimum atomic E-state index is -1.46. The molecule has 584 valence electrons. The monoisotopic (exact) mass is 1680 g/mol. The van der Waals surface area contributed by atoms with E-state index in [-0.39, 0.29) is 67.2 Å². The van der Waals surface area contributed by atoms with Crippen LogP contribution in [-0.4, -0.2) is 232 Å². The number of hydrogen-bond donors (Lipinski definition) is 7. The van der Waals surface area contributed by atoms with E-state index in [4.69, 9.17) is 47.4 Å². The van der Waals surface area contributed by atoms with Crippen LogP contribution in [0.2, 0.25) is 5.02 Å². The van der Waals surface area contributed by atoms with Gasteiger partial charge in [0.1, 0.15) is 51.6 Å².